The minimum Gasteiger partial charge on any atom is -0.497 e. The lowest BCUT2D eigenvalue weighted by molar-refractivity contribution is -0.122. The molecule has 0 saturated carbocycles. The normalized spacial score (nSPS) is 12.9. The molecule has 0 aromatic heterocycles. The second-order valence-corrected chi connectivity index (χ2v) is 9.39. The number of hydrogen-bond acceptors (Lipinski definition) is 5. The number of carbonyl (C=O) groups is 2. The fraction of sp³-hybridized carbons (Fsp3) is 0.200. The molecule has 3 aromatic rings. The second kappa shape index (κ2) is 11.0. The quantitative estimate of drug-likeness (QED) is 0.434. The highest BCUT2D eigenvalue weighted by Gasteiger charge is 2.25. The molecule has 0 aliphatic rings. The zero-order valence-electron chi connectivity index (χ0n) is 19.1. The lowest BCUT2D eigenvalue weighted by atomic mass is 9.98. The first-order valence-electron chi connectivity index (χ1n) is 10.6. The number of carbonyl (C=O) groups excluding carboxylic acids is 2. The van der Waals surface area contributed by atoms with Gasteiger partial charge in [0.05, 0.1) is 24.1 Å². The summed E-state index contributed by atoms with van der Waals surface area (Å²) in [6, 6.07) is 20.9. The lowest BCUT2D eigenvalue weighted by Gasteiger charge is -2.23. The molecular formula is C25H27N3O5S. The van der Waals surface area contributed by atoms with Gasteiger partial charge in [-0.1, -0.05) is 42.5 Å². The van der Waals surface area contributed by atoms with Gasteiger partial charge < -0.3 is 15.4 Å². The Morgan fingerprint density at radius 3 is 2.00 bits per heavy atom. The molecule has 8 nitrogen and oxygen atoms in total. The summed E-state index contributed by atoms with van der Waals surface area (Å²) in [6.45, 7) is 2.84. The van der Waals surface area contributed by atoms with Crippen molar-refractivity contribution >= 4 is 27.5 Å². The predicted molar refractivity (Wildman–Crippen MR) is 130 cm³/mol. The standard InChI is InChI=1S/C25H27N3O5S/c1-17(28-34(31,32)23-15-11-21(12-16-23)26-18(2)29)25(30)27-24(19-7-5-4-6-8-19)20-9-13-22(33-3)14-10-20/h4-17,24,28H,1-3H3,(H,26,29)(H,27,30)/t17-,24?/m0/s1. The van der Waals surface area contributed by atoms with Crippen LogP contribution in [0.5, 0.6) is 5.75 Å². The Morgan fingerprint density at radius 2 is 1.44 bits per heavy atom. The Kier molecular flexibility index (Phi) is 8.04. The predicted octanol–water partition coefficient (Wildman–Crippen LogP) is 3.23. The van der Waals surface area contributed by atoms with Crippen LogP contribution in [-0.4, -0.2) is 33.4 Å². The molecule has 178 valence electrons. The zero-order valence-corrected chi connectivity index (χ0v) is 19.9. The van der Waals surface area contributed by atoms with E-state index in [0.717, 1.165) is 11.1 Å². The van der Waals surface area contributed by atoms with Gasteiger partial charge in [-0.25, -0.2) is 8.42 Å². The summed E-state index contributed by atoms with van der Waals surface area (Å²) in [4.78, 5) is 24.1. The van der Waals surface area contributed by atoms with Crippen molar-refractivity contribution in [3.63, 3.8) is 0 Å². The van der Waals surface area contributed by atoms with E-state index >= 15 is 0 Å². The summed E-state index contributed by atoms with van der Waals surface area (Å²) in [5.74, 6) is -0.0560. The van der Waals surface area contributed by atoms with E-state index in [0.29, 0.717) is 11.4 Å². The average molecular weight is 482 g/mol. The van der Waals surface area contributed by atoms with Crippen molar-refractivity contribution in [2.45, 2.75) is 30.8 Å². The number of rotatable bonds is 9. The van der Waals surface area contributed by atoms with Crippen LogP contribution in [0, 0.1) is 0 Å². The maximum absolute atomic E-state index is 13.0. The highest BCUT2D eigenvalue weighted by molar-refractivity contribution is 7.89. The summed E-state index contributed by atoms with van der Waals surface area (Å²) in [5, 5.41) is 5.51. The number of sulfonamides is 1. The van der Waals surface area contributed by atoms with Gasteiger partial charge in [-0.2, -0.15) is 4.72 Å². The average Bonchev–Trinajstić information content (AvgIpc) is 2.82. The maximum Gasteiger partial charge on any atom is 0.241 e. The van der Waals surface area contributed by atoms with E-state index in [1.807, 2.05) is 42.5 Å². The number of benzene rings is 3. The van der Waals surface area contributed by atoms with Crippen LogP contribution in [0.15, 0.2) is 83.8 Å². The minimum absolute atomic E-state index is 0.0176. The van der Waals surface area contributed by atoms with Crippen molar-refractivity contribution in [2.24, 2.45) is 0 Å². The number of ether oxygens (including phenoxy) is 1. The fourth-order valence-corrected chi connectivity index (χ4v) is 4.55. The first kappa shape index (κ1) is 24.9. The van der Waals surface area contributed by atoms with Gasteiger partial charge in [0, 0.05) is 12.6 Å². The molecule has 0 bridgehead atoms. The largest absolute Gasteiger partial charge is 0.497 e. The van der Waals surface area contributed by atoms with Gasteiger partial charge in [0.25, 0.3) is 0 Å². The monoisotopic (exact) mass is 481 g/mol. The van der Waals surface area contributed by atoms with Crippen LogP contribution < -0.4 is 20.1 Å². The molecule has 3 aromatic carbocycles. The molecule has 0 aliphatic heterocycles. The third kappa shape index (κ3) is 6.43. The van der Waals surface area contributed by atoms with Gasteiger partial charge in [0.15, 0.2) is 0 Å². The fourth-order valence-electron chi connectivity index (χ4n) is 3.34. The van der Waals surface area contributed by atoms with Crippen molar-refractivity contribution in [3.05, 3.63) is 90.0 Å². The first-order chi connectivity index (χ1) is 16.2. The molecule has 0 fully saturated rings. The molecule has 0 aliphatic carbocycles. The van der Waals surface area contributed by atoms with E-state index in [9.17, 15) is 18.0 Å². The van der Waals surface area contributed by atoms with Crippen LogP contribution in [0.2, 0.25) is 0 Å². The number of methoxy groups -OCH3 is 1. The highest BCUT2D eigenvalue weighted by Crippen LogP contribution is 2.24. The molecule has 2 amide bonds. The summed E-state index contributed by atoms with van der Waals surface area (Å²) < 4.78 is 33.2. The molecule has 1 unspecified atom stereocenters. The number of amides is 2. The molecule has 0 saturated heterocycles. The molecular weight excluding hydrogens is 454 g/mol. The van der Waals surface area contributed by atoms with E-state index < -0.39 is 28.0 Å². The molecule has 34 heavy (non-hydrogen) atoms. The molecule has 0 heterocycles. The van der Waals surface area contributed by atoms with Crippen LogP contribution in [0.4, 0.5) is 5.69 Å². The third-order valence-corrected chi connectivity index (χ3v) is 6.64. The van der Waals surface area contributed by atoms with E-state index in [1.165, 1.54) is 38.1 Å². The van der Waals surface area contributed by atoms with E-state index in [1.54, 1.807) is 19.2 Å². The molecule has 0 spiro atoms. The summed E-state index contributed by atoms with van der Waals surface area (Å²) >= 11 is 0. The van der Waals surface area contributed by atoms with Gasteiger partial charge in [-0.15, -0.1) is 0 Å². The topological polar surface area (TPSA) is 114 Å². The zero-order chi connectivity index (χ0) is 24.7. The van der Waals surface area contributed by atoms with Crippen molar-refractivity contribution in [2.75, 3.05) is 12.4 Å². The van der Waals surface area contributed by atoms with E-state index in [4.69, 9.17) is 4.74 Å². The van der Waals surface area contributed by atoms with Gasteiger partial charge in [0.2, 0.25) is 21.8 Å². The van der Waals surface area contributed by atoms with Gasteiger partial charge >= 0.3 is 0 Å². The van der Waals surface area contributed by atoms with Crippen molar-refractivity contribution < 1.29 is 22.7 Å². The Hall–Kier alpha value is -3.69. The Labute approximate surface area is 199 Å². The maximum atomic E-state index is 13.0. The lowest BCUT2D eigenvalue weighted by Crippen LogP contribution is -2.46. The summed E-state index contributed by atoms with van der Waals surface area (Å²) in [5.41, 5.74) is 2.15. The molecule has 2 atom stereocenters. The number of anilines is 1. The Balaban J connectivity index is 1.76. The second-order valence-electron chi connectivity index (χ2n) is 7.67. The number of hydrogen-bond donors (Lipinski definition) is 3. The molecule has 0 radical (unpaired) electrons. The van der Waals surface area contributed by atoms with Crippen LogP contribution in [-0.2, 0) is 19.6 Å². The molecule has 3 N–H and O–H groups in total. The van der Waals surface area contributed by atoms with Crippen LogP contribution >= 0.6 is 0 Å². The van der Waals surface area contributed by atoms with Crippen LogP contribution in [0.25, 0.3) is 0 Å². The van der Waals surface area contributed by atoms with Crippen LogP contribution in [0.3, 0.4) is 0 Å². The number of nitrogens with one attached hydrogen (secondary N) is 3. The smallest absolute Gasteiger partial charge is 0.241 e. The van der Waals surface area contributed by atoms with Crippen molar-refractivity contribution in [3.8, 4) is 5.75 Å². The third-order valence-electron chi connectivity index (χ3n) is 5.08. The van der Waals surface area contributed by atoms with Gasteiger partial charge in [-0.3, -0.25) is 9.59 Å². The van der Waals surface area contributed by atoms with Gasteiger partial charge in [-0.05, 0) is 54.4 Å². The van der Waals surface area contributed by atoms with E-state index in [2.05, 4.69) is 15.4 Å². The SMILES string of the molecule is COc1ccc(C(NC(=O)[C@H](C)NS(=O)(=O)c2ccc(NC(C)=O)cc2)c2ccccc2)cc1. The summed E-state index contributed by atoms with van der Waals surface area (Å²) in [7, 11) is -2.39. The van der Waals surface area contributed by atoms with Gasteiger partial charge in [0.1, 0.15) is 5.75 Å². The van der Waals surface area contributed by atoms with E-state index in [-0.39, 0.29) is 10.8 Å². The first-order valence-corrected chi connectivity index (χ1v) is 12.1. The van der Waals surface area contributed by atoms with Crippen LogP contribution in [0.1, 0.15) is 31.0 Å². The Morgan fingerprint density at radius 1 is 0.853 bits per heavy atom. The molecule has 3 rings (SSSR count). The Bertz CT molecular complexity index is 1230. The highest BCUT2D eigenvalue weighted by atomic mass is 32.2. The van der Waals surface area contributed by atoms with Crippen molar-refractivity contribution in [1.82, 2.24) is 10.0 Å². The molecule has 9 heteroatoms. The van der Waals surface area contributed by atoms with Crippen molar-refractivity contribution in [1.29, 1.82) is 0 Å². The summed E-state index contributed by atoms with van der Waals surface area (Å²) in [6.07, 6.45) is 0. The minimum atomic E-state index is -3.96.